The van der Waals surface area contributed by atoms with Crippen molar-refractivity contribution in [1.29, 1.82) is 0 Å². The Kier molecular flexibility index (Phi) is 18.6. The molecule has 15 nitrogen and oxygen atoms in total. The number of nitrogen functional groups attached to an aromatic ring is 1. The highest BCUT2D eigenvalue weighted by Crippen LogP contribution is 2.38. The number of fused-ring (bicyclic) bond motifs is 1. The molecule has 0 radical (unpaired) electrons. The number of rotatable bonds is 27. The number of nitrogens with one attached hydrogen (secondary N) is 1. The minimum atomic E-state index is -0.325. The van der Waals surface area contributed by atoms with Crippen molar-refractivity contribution in [1.82, 2.24) is 5.32 Å². The third-order valence-electron chi connectivity index (χ3n) is 11.1. The lowest BCUT2D eigenvalue weighted by Gasteiger charge is -2.26. The number of aldehydes is 1. The number of unbranched alkanes of at least 4 members (excludes halogenated alkanes) is 1. The molecule has 0 aromatic heterocycles. The van der Waals surface area contributed by atoms with Crippen LogP contribution >= 0.6 is 0 Å². The summed E-state index contributed by atoms with van der Waals surface area (Å²) in [5.41, 5.74) is 18.0. The van der Waals surface area contributed by atoms with E-state index in [4.69, 9.17) is 44.6 Å². The van der Waals surface area contributed by atoms with Gasteiger partial charge in [-0.1, -0.05) is 48.5 Å². The molecule has 66 heavy (non-hydrogen) atoms. The predicted octanol–water partition coefficient (Wildman–Crippen LogP) is 6.63. The molecular weight excluding hydrogens is 843 g/mol. The normalized spacial score (nSPS) is 12.9. The molecule has 0 aliphatic carbocycles. The molecule has 5 aromatic rings. The fourth-order valence-electron chi connectivity index (χ4n) is 7.68. The first-order chi connectivity index (χ1) is 32.3. The first kappa shape index (κ1) is 48.8. The summed E-state index contributed by atoms with van der Waals surface area (Å²) in [6, 6.07) is 31.5. The van der Waals surface area contributed by atoms with Gasteiger partial charge in [-0.15, -0.1) is 0 Å². The number of benzene rings is 5. The molecule has 5 aromatic carbocycles. The highest BCUT2D eigenvalue weighted by Gasteiger charge is 2.33. The van der Waals surface area contributed by atoms with Crippen LogP contribution in [0.3, 0.4) is 0 Å². The van der Waals surface area contributed by atoms with E-state index < -0.39 is 0 Å². The van der Waals surface area contributed by atoms with Crippen molar-refractivity contribution in [2.75, 3.05) is 96.1 Å². The molecule has 6 rings (SSSR count). The maximum Gasteiger partial charge on any atom is 0.258 e. The largest absolute Gasteiger partial charge is 0.493 e. The van der Waals surface area contributed by atoms with Gasteiger partial charge in [0.1, 0.15) is 18.6 Å². The zero-order valence-electron chi connectivity index (χ0n) is 38.0. The van der Waals surface area contributed by atoms with Gasteiger partial charge >= 0.3 is 0 Å². The van der Waals surface area contributed by atoms with Gasteiger partial charge in [-0.05, 0) is 78.4 Å². The van der Waals surface area contributed by atoms with Crippen LogP contribution in [0.5, 0.6) is 28.7 Å². The average molecular weight is 904 g/mol. The molecule has 15 heteroatoms. The lowest BCUT2D eigenvalue weighted by molar-refractivity contribution is -0.107. The summed E-state index contributed by atoms with van der Waals surface area (Å²) in [5, 5.41) is 2.94. The smallest absolute Gasteiger partial charge is 0.258 e. The Morgan fingerprint density at radius 1 is 0.788 bits per heavy atom. The number of carbonyl (C=O) groups excluding carboxylic acids is 3. The van der Waals surface area contributed by atoms with Crippen molar-refractivity contribution in [2.24, 2.45) is 5.73 Å². The summed E-state index contributed by atoms with van der Waals surface area (Å²) in [6.45, 7) is 4.08. The van der Waals surface area contributed by atoms with Gasteiger partial charge < -0.3 is 64.5 Å². The van der Waals surface area contributed by atoms with Gasteiger partial charge in [0.25, 0.3) is 11.8 Å². The molecule has 5 N–H and O–H groups in total. The first-order valence-corrected chi connectivity index (χ1v) is 22.1. The number of ether oxygens (including phenoxy) is 7. The third-order valence-corrected chi connectivity index (χ3v) is 11.1. The zero-order valence-corrected chi connectivity index (χ0v) is 38.0. The van der Waals surface area contributed by atoms with Crippen LogP contribution in [-0.4, -0.2) is 105 Å². The molecule has 0 saturated carbocycles. The Labute approximate surface area is 386 Å². The second-order valence-electron chi connectivity index (χ2n) is 15.6. The minimum Gasteiger partial charge on any atom is -0.493 e. The average Bonchev–Trinajstić information content (AvgIpc) is 3.72. The van der Waals surface area contributed by atoms with E-state index in [0.717, 1.165) is 34.4 Å². The van der Waals surface area contributed by atoms with Crippen molar-refractivity contribution in [3.8, 4) is 28.7 Å². The monoisotopic (exact) mass is 903 g/mol. The van der Waals surface area contributed by atoms with E-state index in [1.54, 1.807) is 42.3 Å². The highest BCUT2D eigenvalue weighted by atomic mass is 16.5. The Bertz CT molecular complexity index is 2360. The van der Waals surface area contributed by atoms with Gasteiger partial charge in [-0.2, -0.15) is 0 Å². The summed E-state index contributed by atoms with van der Waals surface area (Å²) >= 11 is 0. The lowest BCUT2D eigenvalue weighted by atomic mass is 10.1. The molecule has 2 amide bonds. The van der Waals surface area contributed by atoms with Crippen molar-refractivity contribution >= 4 is 35.2 Å². The van der Waals surface area contributed by atoms with Gasteiger partial charge in [-0.3, -0.25) is 9.59 Å². The molecule has 1 aliphatic rings. The summed E-state index contributed by atoms with van der Waals surface area (Å²) < 4.78 is 40.9. The number of hydrogen-bond donors (Lipinski definition) is 3. The fraction of sp³-hybridized carbons (Fsp3) is 0.353. The van der Waals surface area contributed by atoms with Crippen LogP contribution in [0.1, 0.15) is 50.2 Å². The Hall–Kier alpha value is -6.65. The fourth-order valence-corrected chi connectivity index (χ4v) is 7.68. The van der Waals surface area contributed by atoms with E-state index in [9.17, 15) is 14.4 Å². The third kappa shape index (κ3) is 13.2. The number of nitrogens with zero attached hydrogens (tertiary/aromatic N) is 2. The van der Waals surface area contributed by atoms with E-state index in [-0.39, 0.29) is 35.7 Å². The van der Waals surface area contributed by atoms with Gasteiger partial charge in [0.2, 0.25) is 0 Å². The maximum atomic E-state index is 14.0. The minimum absolute atomic E-state index is 0.0598. The van der Waals surface area contributed by atoms with Crippen LogP contribution < -0.4 is 45.5 Å². The van der Waals surface area contributed by atoms with E-state index in [1.807, 2.05) is 72.8 Å². The Balaban J connectivity index is 1.25. The molecule has 1 atom stereocenters. The number of carbonyl (C=O) groups is 3. The van der Waals surface area contributed by atoms with Crippen LogP contribution in [0.15, 0.2) is 103 Å². The van der Waals surface area contributed by atoms with Gasteiger partial charge in [-0.25, -0.2) is 0 Å². The molecule has 0 spiro atoms. The second-order valence-corrected chi connectivity index (χ2v) is 15.6. The van der Waals surface area contributed by atoms with Crippen molar-refractivity contribution in [2.45, 2.75) is 38.3 Å². The number of anilines is 3. The first-order valence-electron chi connectivity index (χ1n) is 22.1. The molecular formula is C51H61N5O10. The maximum absolute atomic E-state index is 14.0. The molecule has 0 bridgehead atoms. The molecule has 0 unspecified atom stereocenters. The molecule has 1 aliphatic heterocycles. The van der Waals surface area contributed by atoms with Crippen LogP contribution in [-0.2, 0) is 38.5 Å². The Morgan fingerprint density at radius 3 is 2.29 bits per heavy atom. The molecule has 0 fully saturated rings. The number of para-hydroxylation sites is 1. The summed E-state index contributed by atoms with van der Waals surface area (Å²) in [7, 11) is 4.65. The lowest BCUT2D eigenvalue weighted by Crippen LogP contribution is -2.42. The summed E-state index contributed by atoms with van der Waals surface area (Å²) in [5.74, 6) is 1.35. The topological polar surface area (TPSA) is 186 Å². The van der Waals surface area contributed by atoms with Crippen molar-refractivity contribution in [3.63, 3.8) is 0 Å². The molecule has 0 saturated heterocycles. The van der Waals surface area contributed by atoms with E-state index in [2.05, 4.69) is 10.2 Å². The van der Waals surface area contributed by atoms with Gasteiger partial charge in [0.05, 0.1) is 58.9 Å². The Morgan fingerprint density at radius 2 is 1.53 bits per heavy atom. The van der Waals surface area contributed by atoms with E-state index in [1.165, 1.54) is 14.2 Å². The molecule has 350 valence electrons. The van der Waals surface area contributed by atoms with Crippen LogP contribution in [0.4, 0.5) is 17.1 Å². The van der Waals surface area contributed by atoms with Crippen LogP contribution in [0.25, 0.3) is 0 Å². The summed E-state index contributed by atoms with van der Waals surface area (Å²) in [6.07, 6.45) is 3.25. The quantitative estimate of drug-likeness (QED) is 0.0290. The number of hydrogen-bond acceptors (Lipinski definition) is 13. The standard InChI is InChI=1S/C51H61N5O10/c1-60-23-24-64-26-25-63-22-20-55(19-9-10-21-57)40-27-37(35-65-49-33-44(53)43(32-48(49)62-3)50(58)54-18-17-36-11-5-4-6-12-36)28-42(31-40)66-46-16-15-39(30-47(46)61-2)51(59)56-41(34-52)29-38-13-7-8-14-45(38)56/h4-8,11-16,21,27-28,30-33,41H,9-10,17-20,22-26,29,34-35,52-53H2,1-3H3,(H,54,58)/t41-/m0/s1. The number of methoxy groups -OCH3 is 3. The van der Waals surface area contributed by atoms with E-state index >= 15 is 0 Å². The summed E-state index contributed by atoms with van der Waals surface area (Å²) in [4.78, 5) is 42.5. The predicted molar refractivity (Wildman–Crippen MR) is 255 cm³/mol. The number of amides is 2. The zero-order chi connectivity index (χ0) is 46.7. The van der Waals surface area contributed by atoms with Crippen molar-refractivity contribution in [3.05, 3.63) is 131 Å². The number of nitrogens with two attached hydrogens (primary N) is 2. The van der Waals surface area contributed by atoms with Crippen LogP contribution in [0.2, 0.25) is 0 Å². The van der Waals surface area contributed by atoms with Gasteiger partial charge in [0, 0.05) is 74.5 Å². The molecule has 1 heterocycles. The second kappa shape index (κ2) is 25.2. The van der Waals surface area contributed by atoms with Crippen molar-refractivity contribution < 1.29 is 47.5 Å². The van der Waals surface area contributed by atoms with E-state index in [0.29, 0.717) is 119 Å². The highest BCUT2D eigenvalue weighted by molar-refractivity contribution is 6.08. The SMILES string of the molecule is COCCOCCOCCN(CCCC=O)c1cc(COc2cc(N)c(C(=O)NCCc3ccccc3)cc2OC)cc(Oc2ccc(C(=O)N3c4ccccc4C[C@H]3CN)cc2OC)c1. The van der Waals surface area contributed by atoms with Crippen LogP contribution in [0, 0.1) is 0 Å². The van der Waals surface area contributed by atoms with Gasteiger partial charge in [0.15, 0.2) is 23.0 Å².